The minimum atomic E-state index is -0.104. The van der Waals surface area contributed by atoms with E-state index in [0.29, 0.717) is 28.3 Å². The number of rotatable bonds is 3. The molecule has 3 N–H and O–H groups in total. The van der Waals surface area contributed by atoms with Crippen LogP contribution in [0.25, 0.3) is 33.4 Å². The molecule has 4 aromatic heterocycles. The Bertz CT molecular complexity index is 1130. The third-order valence-corrected chi connectivity index (χ3v) is 4.27. The largest absolute Gasteiger partial charge is 0.383 e. The summed E-state index contributed by atoms with van der Waals surface area (Å²) in [7, 11) is 3.40. The number of carbonyl (C=O) groups is 1. The second-order valence-electron chi connectivity index (χ2n) is 6.27. The van der Waals surface area contributed by atoms with Crippen LogP contribution in [0.3, 0.4) is 0 Å². The number of amides is 1. The number of nitrogens with zero attached hydrogens (tertiary/aromatic N) is 5. The monoisotopic (exact) mass is 359 g/mol. The van der Waals surface area contributed by atoms with Gasteiger partial charge in [-0.1, -0.05) is 0 Å². The minimum Gasteiger partial charge on any atom is -0.383 e. The van der Waals surface area contributed by atoms with Gasteiger partial charge in [-0.15, -0.1) is 0 Å². The van der Waals surface area contributed by atoms with Gasteiger partial charge in [-0.2, -0.15) is 5.10 Å². The zero-order valence-electron chi connectivity index (χ0n) is 14.8. The minimum absolute atomic E-state index is 0.104. The van der Waals surface area contributed by atoms with Crippen LogP contribution in [-0.4, -0.2) is 50.1 Å². The molecule has 0 fully saturated rings. The fraction of sp³-hybridized carbons (Fsp3) is 0.105. The van der Waals surface area contributed by atoms with Crippen molar-refractivity contribution in [1.29, 1.82) is 0 Å². The molecule has 4 heterocycles. The summed E-state index contributed by atoms with van der Waals surface area (Å²) in [6.45, 7) is 0. The SMILES string of the molecule is CN(C)C(=O)c1ccc(-c2cc(-c3ccnc4n[nH]cc34)cnc2N)nc1. The summed E-state index contributed by atoms with van der Waals surface area (Å²) in [6, 6.07) is 7.34. The fourth-order valence-corrected chi connectivity index (χ4v) is 2.87. The molecule has 0 saturated heterocycles. The summed E-state index contributed by atoms with van der Waals surface area (Å²) in [5.41, 5.74) is 10.4. The number of anilines is 1. The van der Waals surface area contributed by atoms with Crippen LogP contribution in [0.15, 0.2) is 49.1 Å². The lowest BCUT2D eigenvalue weighted by Gasteiger charge is -2.11. The van der Waals surface area contributed by atoms with E-state index in [0.717, 1.165) is 16.5 Å². The van der Waals surface area contributed by atoms with Crippen molar-refractivity contribution >= 4 is 22.8 Å². The van der Waals surface area contributed by atoms with E-state index in [2.05, 4.69) is 25.1 Å². The summed E-state index contributed by atoms with van der Waals surface area (Å²) in [5, 5.41) is 7.84. The number of fused-ring (bicyclic) bond motifs is 1. The highest BCUT2D eigenvalue weighted by atomic mass is 16.2. The molecule has 4 rings (SSSR count). The lowest BCUT2D eigenvalue weighted by atomic mass is 10.0. The van der Waals surface area contributed by atoms with Crippen LogP contribution >= 0.6 is 0 Å². The van der Waals surface area contributed by atoms with E-state index in [1.54, 1.807) is 51.0 Å². The molecule has 1 amide bonds. The van der Waals surface area contributed by atoms with Crippen molar-refractivity contribution in [3.8, 4) is 22.4 Å². The lowest BCUT2D eigenvalue weighted by molar-refractivity contribution is 0.0827. The van der Waals surface area contributed by atoms with E-state index in [4.69, 9.17) is 5.73 Å². The maximum atomic E-state index is 12.0. The fourth-order valence-electron chi connectivity index (χ4n) is 2.87. The number of aromatic nitrogens is 5. The average Bonchev–Trinajstić information content (AvgIpc) is 3.17. The van der Waals surface area contributed by atoms with E-state index in [1.807, 2.05) is 12.1 Å². The van der Waals surface area contributed by atoms with Crippen molar-refractivity contribution in [3.05, 3.63) is 54.6 Å². The first-order chi connectivity index (χ1) is 13.0. The van der Waals surface area contributed by atoms with Gasteiger partial charge in [-0.3, -0.25) is 14.9 Å². The highest BCUT2D eigenvalue weighted by molar-refractivity contribution is 5.95. The topological polar surface area (TPSA) is 114 Å². The van der Waals surface area contributed by atoms with Gasteiger partial charge in [0.2, 0.25) is 0 Å². The molecule has 0 aromatic carbocycles. The molecule has 0 unspecified atom stereocenters. The molecule has 27 heavy (non-hydrogen) atoms. The smallest absolute Gasteiger partial charge is 0.254 e. The van der Waals surface area contributed by atoms with Gasteiger partial charge < -0.3 is 10.6 Å². The standard InChI is InChI=1S/C19H17N7O/c1-26(2)19(27)11-3-4-16(22-8-11)14-7-12(9-23-17(14)20)13-5-6-21-18-15(13)10-24-25-18/h3-10H,1-2H3,(H2,20,23)(H,21,24,25). The third-order valence-electron chi connectivity index (χ3n) is 4.27. The van der Waals surface area contributed by atoms with Gasteiger partial charge >= 0.3 is 0 Å². The molecule has 0 bridgehead atoms. The Labute approximate surface area is 155 Å². The van der Waals surface area contributed by atoms with Gasteiger partial charge in [0, 0.05) is 55.4 Å². The summed E-state index contributed by atoms with van der Waals surface area (Å²) in [6.07, 6.45) is 6.76. The predicted octanol–water partition coefficient (Wildman–Crippen LogP) is 2.37. The Kier molecular flexibility index (Phi) is 4.00. The van der Waals surface area contributed by atoms with Gasteiger partial charge in [0.05, 0.1) is 11.3 Å². The van der Waals surface area contributed by atoms with Crippen LogP contribution in [0.5, 0.6) is 0 Å². The van der Waals surface area contributed by atoms with E-state index < -0.39 is 0 Å². The molecular formula is C19H17N7O. The summed E-state index contributed by atoms with van der Waals surface area (Å²) in [4.78, 5) is 26.5. The normalized spacial score (nSPS) is 10.9. The van der Waals surface area contributed by atoms with Crippen molar-refractivity contribution in [3.63, 3.8) is 0 Å². The second-order valence-corrected chi connectivity index (χ2v) is 6.27. The second kappa shape index (κ2) is 6.49. The van der Waals surface area contributed by atoms with Gasteiger partial charge in [0.15, 0.2) is 5.65 Å². The van der Waals surface area contributed by atoms with E-state index >= 15 is 0 Å². The zero-order chi connectivity index (χ0) is 19.0. The zero-order valence-corrected chi connectivity index (χ0v) is 14.8. The van der Waals surface area contributed by atoms with Crippen molar-refractivity contribution in [1.82, 2.24) is 30.0 Å². The van der Waals surface area contributed by atoms with Crippen LogP contribution in [0.1, 0.15) is 10.4 Å². The van der Waals surface area contributed by atoms with Crippen LogP contribution in [0, 0.1) is 0 Å². The molecule has 8 nitrogen and oxygen atoms in total. The lowest BCUT2D eigenvalue weighted by Crippen LogP contribution is -2.21. The number of nitrogens with one attached hydrogen (secondary N) is 1. The van der Waals surface area contributed by atoms with E-state index in [-0.39, 0.29) is 5.91 Å². The molecule has 0 aliphatic rings. The molecule has 0 spiro atoms. The Balaban J connectivity index is 1.77. The molecule has 0 atom stereocenters. The Morgan fingerprint density at radius 1 is 1.07 bits per heavy atom. The van der Waals surface area contributed by atoms with Crippen molar-refractivity contribution in [2.75, 3.05) is 19.8 Å². The highest BCUT2D eigenvalue weighted by Gasteiger charge is 2.13. The Morgan fingerprint density at radius 3 is 2.67 bits per heavy atom. The average molecular weight is 359 g/mol. The first-order valence-electron chi connectivity index (χ1n) is 8.27. The number of H-pyrrole nitrogens is 1. The molecule has 0 radical (unpaired) electrons. The maximum Gasteiger partial charge on any atom is 0.254 e. The summed E-state index contributed by atoms with van der Waals surface area (Å²) in [5.74, 6) is 0.267. The van der Waals surface area contributed by atoms with Crippen LogP contribution in [-0.2, 0) is 0 Å². The molecular weight excluding hydrogens is 342 g/mol. The van der Waals surface area contributed by atoms with E-state index in [1.165, 1.54) is 4.90 Å². The molecule has 134 valence electrons. The van der Waals surface area contributed by atoms with Gasteiger partial charge in [0.1, 0.15) is 5.82 Å². The molecule has 8 heteroatoms. The quantitative estimate of drug-likeness (QED) is 0.580. The molecule has 0 aliphatic heterocycles. The van der Waals surface area contributed by atoms with E-state index in [9.17, 15) is 4.79 Å². The van der Waals surface area contributed by atoms with Crippen molar-refractivity contribution in [2.24, 2.45) is 0 Å². The van der Waals surface area contributed by atoms with Crippen molar-refractivity contribution < 1.29 is 4.79 Å². The maximum absolute atomic E-state index is 12.0. The van der Waals surface area contributed by atoms with Gasteiger partial charge in [-0.05, 0) is 29.8 Å². The summed E-state index contributed by atoms with van der Waals surface area (Å²) < 4.78 is 0. The Morgan fingerprint density at radius 2 is 1.93 bits per heavy atom. The predicted molar refractivity (Wildman–Crippen MR) is 103 cm³/mol. The number of nitrogen functional groups attached to an aromatic ring is 1. The highest BCUT2D eigenvalue weighted by Crippen LogP contribution is 2.31. The number of nitrogens with two attached hydrogens (primary N) is 1. The number of aromatic amines is 1. The molecule has 0 aliphatic carbocycles. The molecule has 4 aromatic rings. The van der Waals surface area contributed by atoms with Crippen LogP contribution in [0.4, 0.5) is 5.82 Å². The van der Waals surface area contributed by atoms with Gasteiger partial charge in [0.25, 0.3) is 5.91 Å². The number of pyridine rings is 3. The number of hydrogen-bond donors (Lipinski definition) is 2. The van der Waals surface area contributed by atoms with Crippen molar-refractivity contribution in [2.45, 2.75) is 0 Å². The number of carbonyl (C=O) groups excluding carboxylic acids is 1. The number of hydrogen-bond acceptors (Lipinski definition) is 6. The van der Waals surface area contributed by atoms with Crippen LogP contribution in [0.2, 0.25) is 0 Å². The summed E-state index contributed by atoms with van der Waals surface area (Å²) >= 11 is 0. The molecule has 0 saturated carbocycles. The van der Waals surface area contributed by atoms with Crippen LogP contribution < -0.4 is 5.73 Å². The first kappa shape index (κ1) is 16.6. The third kappa shape index (κ3) is 2.97. The Hall–Kier alpha value is -3.81. The first-order valence-corrected chi connectivity index (χ1v) is 8.27. The van der Waals surface area contributed by atoms with Gasteiger partial charge in [-0.25, -0.2) is 9.97 Å².